The van der Waals surface area contributed by atoms with Gasteiger partial charge in [0.2, 0.25) is 0 Å². The van der Waals surface area contributed by atoms with Crippen LogP contribution in [0.1, 0.15) is 17.5 Å². The highest BCUT2D eigenvalue weighted by molar-refractivity contribution is 7.99. The van der Waals surface area contributed by atoms with E-state index in [0.717, 1.165) is 31.8 Å². The van der Waals surface area contributed by atoms with Gasteiger partial charge in [-0.15, -0.1) is 11.8 Å². The molecule has 1 aliphatic heterocycles. The lowest BCUT2D eigenvalue weighted by Crippen LogP contribution is -2.24. The molecule has 0 amide bonds. The van der Waals surface area contributed by atoms with E-state index in [9.17, 15) is 5.11 Å². The van der Waals surface area contributed by atoms with E-state index < -0.39 is 0 Å². The van der Waals surface area contributed by atoms with Crippen LogP contribution in [-0.4, -0.2) is 41.5 Å². The molecule has 1 aromatic carbocycles. The van der Waals surface area contributed by atoms with Crippen LogP contribution in [0.25, 0.3) is 0 Å². The summed E-state index contributed by atoms with van der Waals surface area (Å²) in [6.45, 7) is 7.29. The Hall–Kier alpha value is -0.510. The van der Waals surface area contributed by atoms with Crippen molar-refractivity contribution in [2.75, 3.05) is 25.4 Å². The van der Waals surface area contributed by atoms with Crippen molar-refractivity contribution in [2.45, 2.75) is 31.3 Å². The maximum Gasteiger partial charge on any atom is 0.0679 e. The fourth-order valence-corrected chi connectivity index (χ4v) is 3.12. The van der Waals surface area contributed by atoms with Gasteiger partial charge in [0, 0.05) is 30.3 Å². The zero-order chi connectivity index (χ0) is 12.3. The first-order valence-corrected chi connectivity index (χ1v) is 7.24. The monoisotopic (exact) mass is 251 g/mol. The second kappa shape index (κ2) is 5.89. The highest BCUT2D eigenvalue weighted by atomic mass is 32.2. The summed E-state index contributed by atoms with van der Waals surface area (Å²) in [7, 11) is 0. The molecule has 1 heterocycles. The number of benzene rings is 1. The number of hydrogen-bond donors (Lipinski definition) is 1. The number of hydrogen-bond acceptors (Lipinski definition) is 3. The van der Waals surface area contributed by atoms with Gasteiger partial charge >= 0.3 is 0 Å². The summed E-state index contributed by atoms with van der Waals surface area (Å²) in [5, 5.41) is 9.43. The number of likely N-dealkylation sites (tertiary alicyclic amines) is 1. The van der Waals surface area contributed by atoms with Crippen molar-refractivity contribution in [3.05, 3.63) is 29.3 Å². The second-order valence-electron chi connectivity index (χ2n) is 4.84. The maximum absolute atomic E-state index is 9.43. The van der Waals surface area contributed by atoms with Gasteiger partial charge in [-0.1, -0.05) is 6.07 Å². The predicted octanol–water partition coefficient (Wildman–Crippen LogP) is 2.46. The summed E-state index contributed by atoms with van der Waals surface area (Å²) in [6.07, 6.45) is 0.843. The van der Waals surface area contributed by atoms with Gasteiger partial charge in [0.15, 0.2) is 0 Å². The van der Waals surface area contributed by atoms with E-state index in [2.05, 4.69) is 36.9 Å². The van der Waals surface area contributed by atoms with Crippen LogP contribution in [0.15, 0.2) is 23.1 Å². The Morgan fingerprint density at radius 1 is 1.35 bits per heavy atom. The highest BCUT2D eigenvalue weighted by Gasteiger charge is 2.19. The fourth-order valence-electron chi connectivity index (χ4n) is 2.11. The molecule has 0 spiro atoms. The van der Waals surface area contributed by atoms with Crippen molar-refractivity contribution < 1.29 is 5.11 Å². The van der Waals surface area contributed by atoms with Gasteiger partial charge in [-0.2, -0.15) is 0 Å². The van der Waals surface area contributed by atoms with E-state index >= 15 is 0 Å². The van der Waals surface area contributed by atoms with E-state index in [4.69, 9.17) is 0 Å². The molecule has 0 unspecified atom stereocenters. The molecule has 0 radical (unpaired) electrons. The van der Waals surface area contributed by atoms with Crippen LogP contribution in [0.4, 0.5) is 0 Å². The van der Waals surface area contributed by atoms with Crippen LogP contribution in [-0.2, 0) is 0 Å². The molecule has 1 fully saturated rings. The largest absolute Gasteiger partial charge is 0.392 e. The molecule has 0 saturated carbocycles. The minimum Gasteiger partial charge on any atom is -0.392 e. The molecular weight excluding hydrogens is 230 g/mol. The molecule has 1 N–H and O–H groups in total. The van der Waals surface area contributed by atoms with Gasteiger partial charge in [0.05, 0.1) is 6.10 Å². The molecule has 0 aliphatic carbocycles. The molecular formula is C14H21NOS. The summed E-state index contributed by atoms with van der Waals surface area (Å²) >= 11 is 1.91. The third-order valence-corrected chi connectivity index (χ3v) is 4.38. The van der Waals surface area contributed by atoms with E-state index in [1.54, 1.807) is 0 Å². The van der Waals surface area contributed by atoms with Gasteiger partial charge in [-0.3, -0.25) is 4.90 Å². The Kier molecular flexibility index (Phi) is 4.48. The lowest BCUT2D eigenvalue weighted by Gasteiger charge is -2.14. The van der Waals surface area contributed by atoms with Crippen molar-refractivity contribution in [3.8, 4) is 0 Å². The third-order valence-electron chi connectivity index (χ3n) is 3.40. The van der Waals surface area contributed by atoms with Crippen LogP contribution in [0, 0.1) is 13.8 Å². The molecule has 2 rings (SSSR count). The average molecular weight is 251 g/mol. The quantitative estimate of drug-likeness (QED) is 0.832. The van der Waals surface area contributed by atoms with E-state index in [1.807, 2.05) is 11.8 Å². The summed E-state index contributed by atoms with van der Waals surface area (Å²) in [6, 6.07) is 6.65. The molecule has 1 aromatic rings. The van der Waals surface area contributed by atoms with Gasteiger partial charge in [-0.25, -0.2) is 0 Å². The Balaban J connectivity index is 1.76. The average Bonchev–Trinajstić information content (AvgIpc) is 2.70. The normalized spacial score (nSPS) is 21.0. The van der Waals surface area contributed by atoms with E-state index in [0.29, 0.717) is 0 Å². The number of aliphatic hydroxyl groups is 1. The first-order chi connectivity index (χ1) is 8.15. The topological polar surface area (TPSA) is 23.5 Å². The second-order valence-corrected chi connectivity index (χ2v) is 6.01. The van der Waals surface area contributed by atoms with Gasteiger partial charge in [-0.05, 0) is 43.5 Å². The zero-order valence-corrected chi connectivity index (χ0v) is 11.5. The number of thioether (sulfide) groups is 1. The predicted molar refractivity (Wildman–Crippen MR) is 73.7 cm³/mol. The van der Waals surface area contributed by atoms with Crippen molar-refractivity contribution in [1.29, 1.82) is 0 Å². The first kappa shape index (κ1) is 12.9. The molecule has 1 saturated heterocycles. The molecule has 2 nitrogen and oxygen atoms in total. The Bertz CT molecular complexity index is 380. The Morgan fingerprint density at radius 2 is 2.18 bits per heavy atom. The van der Waals surface area contributed by atoms with Crippen LogP contribution in [0.3, 0.4) is 0 Å². The maximum atomic E-state index is 9.43. The lowest BCUT2D eigenvalue weighted by molar-refractivity contribution is 0.178. The van der Waals surface area contributed by atoms with Crippen molar-refractivity contribution in [3.63, 3.8) is 0 Å². The van der Waals surface area contributed by atoms with Gasteiger partial charge in [0.25, 0.3) is 0 Å². The third kappa shape index (κ3) is 3.73. The van der Waals surface area contributed by atoms with Gasteiger partial charge < -0.3 is 5.11 Å². The molecule has 0 aromatic heterocycles. The standard InChI is InChI=1S/C14H21NOS/c1-11-3-4-14(9-12(11)2)17-8-7-15-6-5-13(16)10-15/h3-4,9,13,16H,5-8,10H2,1-2H3/t13-/m0/s1. The number of β-amino-alcohol motifs (C(OH)–C–C–N with tert-alkyl or cyclic N) is 1. The SMILES string of the molecule is Cc1ccc(SCCN2CC[C@H](O)C2)cc1C. The number of aryl methyl sites for hydroxylation is 2. The van der Waals surface area contributed by atoms with Crippen LogP contribution in [0.2, 0.25) is 0 Å². The minimum absolute atomic E-state index is 0.0957. The molecule has 1 atom stereocenters. The Morgan fingerprint density at radius 3 is 2.82 bits per heavy atom. The smallest absolute Gasteiger partial charge is 0.0679 e. The summed E-state index contributed by atoms with van der Waals surface area (Å²) in [4.78, 5) is 3.70. The van der Waals surface area contributed by atoms with E-state index in [-0.39, 0.29) is 6.10 Å². The van der Waals surface area contributed by atoms with Gasteiger partial charge in [0.1, 0.15) is 0 Å². The Labute approximate surface area is 108 Å². The summed E-state index contributed by atoms with van der Waals surface area (Å²) in [5.74, 6) is 1.11. The van der Waals surface area contributed by atoms with Crippen LogP contribution < -0.4 is 0 Å². The summed E-state index contributed by atoms with van der Waals surface area (Å²) in [5.41, 5.74) is 2.73. The molecule has 0 bridgehead atoms. The van der Waals surface area contributed by atoms with Crippen molar-refractivity contribution in [1.82, 2.24) is 4.90 Å². The zero-order valence-electron chi connectivity index (χ0n) is 10.6. The van der Waals surface area contributed by atoms with Crippen molar-refractivity contribution in [2.24, 2.45) is 0 Å². The highest BCUT2D eigenvalue weighted by Crippen LogP contribution is 2.21. The molecule has 1 aliphatic rings. The fraction of sp³-hybridized carbons (Fsp3) is 0.571. The van der Waals surface area contributed by atoms with E-state index in [1.165, 1.54) is 16.0 Å². The van der Waals surface area contributed by atoms with Crippen LogP contribution in [0.5, 0.6) is 0 Å². The first-order valence-electron chi connectivity index (χ1n) is 6.25. The minimum atomic E-state index is -0.0957. The summed E-state index contributed by atoms with van der Waals surface area (Å²) < 4.78 is 0. The molecule has 94 valence electrons. The molecule has 3 heteroatoms. The molecule has 17 heavy (non-hydrogen) atoms. The number of rotatable bonds is 4. The number of aliphatic hydroxyl groups excluding tert-OH is 1. The van der Waals surface area contributed by atoms with Crippen molar-refractivity contribution >= 4 is 11.8 Å². The lowest BCUT2D eigenvalue weighted by atomic mass is 10.1. The van der Waals surface area contributed by atoms with Crippen LogP contribution >= 0.6 is 11.8 Å². The number of nitrogens with zero attached hydrogens (tertiary/aromatic N) is 1.